The molecule has 0 fully saturated rings. The van der Waals surface area contributed by atoms with Gasteiger partial charge in [-0.1, -0.05) is 60.7 Å². The largest absolute Gasteiger partial charge is 0.477 e. The molecule has 2 heterocycles. The molecule has 184 valence electrons. The van der Waals surface area contributed by atoms with Crippen molar-refractivity contribution < 1.29 is 19.6 Å². The number of nitro benzene ring substituents is 1. The van der Waals surface area contributed by atoms with Crippen LogP contribution in [0.4, 0.5) is 11.4 Å². The third kappa shape index (κ3) is 4.87. The molecule has 0 bridgehead atoms. The maximum atomic E-state index is 14.0. The smallest absolute Gasteiger partial charge is 0.352 e. The van der Waals surface area contributed by atoms with Crippen molar-refractivity contribution in [1.82, 2.24) is 4.98 Å². The van der Waals surface area contributed by atoms with Gasteiger partial charge in [-0.05, 0) is 29.3 Å². The molecule has 0 spiro atoms. The number of benzene rings is 3. The summed E-state index contributed by atoms with van der Waals surface area (Å²) >= 11 is 0. The predicted molar refractivity (Wildman–Crippen MR) is 138 cm³/mol. The quantitative estimate of drug-likeness (QED) is 0.286. The number of rotatable bonds is 7. The third-order valence-corrected chi connectivity index (χ3v) is 6.20. The van der Waals surface area contributed by atoms with Crippen molar-refractivity contribution in [2.75, 3.05) is 4.90 Å². The second-order valence-corrected chi connectivity index (χ2v) is 8.65. The number of aromatic amines is 1. The van der Waals surface area contributed by atoms with Gasteiger partial charge >= 0.3 is 5.97 Å². The molecule has 0 aliphatic carbocycles. The van der Waals surface area contributed by atoms with Gasteiger partial charge in [-0.25, -0.2) is 4.79 Å². The maximum Gasteiger partial charge on any atom is 0.352 e. The normalized spacial score (nSPS) is 15.0. The van der Waals surface area contributed by atoms with E-state index < -0.39 is 16.9 Å². The Labute approximate surface area is 211 Å². The number of carboxylic acids is 1. The Morgan fingerprint density at radius 2 is 1.59 bits per heavy atom. The molecule has 9 nitrogen and oxygen atoms in total. The number of H-pyrrole nitrogens is 1. The van der Waals surface area contributed by atoms with Gasteiger partial charge in [0, 0.05) is 24.1 Å². The van der Waals surface area contributed by atoms with Crippen molar-refractivity contribution in [3.63, 3.8) is 0 Å². The predicted octanol–water partition coefficient (Wildman–Crippen LogP) is 4.62. The average molecular weight is 495 g/mol. The number of carbonyl (C=O) groups is 2. The second kappa shape index (κ2) is 9.90. The molecular weight excluding hydrogens is 472 g/mol. The van der Waals surface area contributed by atoms with Gasteiger partial charge in [0.1, 0.15) is 11.7 Å². The summed E-state index contributed by atoms with van der Waals surface area (Å²) in [6, 6.07) is 25.4. The molecule has 1 aromatic heterocycles. The van der Waals surface area contributed by atoms with Crippen LogP contribution in [0.3, 0.4) is 0 Å². The Balaban J connectivity index is 1.68. The van der Waals surface area contributed by atoms with Gasteiger partial charge in [0.25, 0.3) is 11.6 Å². The first-order chi connectivity index (χ1) is 17.9. The van der Waals surface area contributed by atoms with E-state index in [1.807, 2.05) is 60.7 Å². The highest BCUT2D eigenvalue weighted by Crippen LogP contribution is 2.32. The van der Waals surface area contributed by atoms with E-state index in [2.05, 4.69) is 4.98 Å². The number of aromatic carboxylic acids is 1. The minimum atomic E-state index is -1.18. The van der Waals surface area contributed by atoms with Crippen LogP contribution in [0.1, 0.15) is 32.9 Å². The number of non-ortho nitro benzene ring substituents is 1. The summed E-state index contributed by atoms with van der Waals surface area (Å²) in [6.45, 7) is 0.220. The molecule has 2 N–H and O–H groups in total. The van der Waals surface area contributed by atoms with Crippen molar-refractivity contribution >= 4 is 29.0 Å². The zero-order chi connectivity index (χ0) is 25.9. The number of aromatic nitrogens is 1. The number of carbonyl (C=O) groups excluding carboxylic acids is 1. The Morgan fingerprint density at radius 3 is 2.19 bits per heavy atom. The lowest BCUT2D eigenvalue weighted by Crippen LogP contribution is -2.38. The van der Waals surface area contributed by atoms with E-state index >= 15 is 0 Å². The molecule has 3 aromatic carbocycles. The summed E-state index contributed by atoms with van der Waals surface area (Å²) in [5.41, 5.74) is 3.26. The molecule has 0 radical (unpaired) electrons. The van der Waals surface area contributed by atoms with Crippen LogP contribution in [0.15, 0.2) is 96.0 Å². The molecule has 4 aromatic rings. The van der Waals surface area contributed by atoms with Gasteiger partial charge in [0.2, 0.25) is 0 Å². The summed E-state index contributed by atoms with van der Waals surface area (Å²) in [5.74, 6) is -1.45. The molecule has 9 heteroatoms. The van der Waals surface area contributed by atoms with E-state index in [0.717, 1.165) is 11.1 Å². The van der Waals surface area contributed by atoms with Crippen molar-refractivity contribution in [2.24, 2.45) is 4.99 Å². The molecule has 1 atom stereocenters. The van der Waals surface area contributed by atoms with E-state index in [0.29, 0.717) is 29.1 Å². The zero-order valence-corrected chi connectivity index (χ0v) is 19.6. The SMILES string of the molecule is O=C(O)c1cc2c([nH]1)C(c1ccc([N+](=O)[O-])cc1)=N[C@@H](Cc1ccccc1)C(=O)N2Cc1ccccc1. The number of amides is 1. The van der Waals surface area contributed by atoms with Crippen molar-refractivity contribution in [1.29, 1.82) is 0 Å². The zero-order valence-electron chi connectivity index (χ0n) is 19.6. The summed E-state index contributed by atoms with van der Waals surface area (Å²) in [7, 11) is 0. The van der Waals surface area contributed by atoms with E-state index in [9.17, 15) is 24.8 Å². The lowest BCUT2D eigenvalue weighted by Gasteiger charge is -2.24. The van der Waals surface area contributed by atoms with E-state index in [1.165, 1.54) is 18.2 Å². The minimum absolute atomic E-state index is 0.0847. The van der Waals surface area contributed by atoms with Crippen molar-refractivity contribution in [3.8, 4) is 0 Å². The summed E-state index contributed by atoms with van der Waals surface area (Å²) < 4.78 is 0. The second-order valence-electron chi connectivity index (χ2n) is 8.65. The van der Waals surface area contributed by atoms with Crippen molar-refractivity contribution in [2.45, 2.75) is 19.0 Å². The number of nitrogens with zero attached hydrogens (tertiary/aromatic N) is 3. The fourth-order valence-corrected chi connectivity index (χ4v) is 4.39. The average Bonchev–Trinajstić information content (AvgIpc) is 3.32. The highest BCUT2D eigenvalue weighted by Gasteiger charge is 2.34. The highest BCUT2D eigenvalue weighted by atomic mass is 16.6. The van der Waals surface area contributed by atoms with Crippen LogP contribution in [-0.4, -0.2) is 38.6 Å². The minimum Gasteiger partial charge on any atom is -0.477 e. The number of anilines is 1. The monoisotopic (exact) mass is 494 g/mol. The molecule has 5 rings (SSSR count). The number of nitro groups is 1. The maximum absolute atomic E-state index is 14.0. The van der Waals surface area contributed by atoms with Crippen molar-refractivity contribution in [3.05, 3.63) is 129 Å². The van der Waals surface area contributed by atoms with Gasteiger partial charge in [-0.15, -0.1) is 0 Å². The van der Waals surface area contributed by atoms with Gasteiger partial charge in [0.15, 0.2) is 0 Å². The van der Waals surface area contributed by atoms with Gasteiger partial charge in [-0.3, -0.25) is 19.9 Å². The first kappa shape index (κ1) is 23.7. The standard InChI is InChI=1S/C28H22N4O5/c33-27-22(15-18-7-3-1-4-8-18)29-25(20-11-13-21(14-12-20)32(36)37)26-24(16-23(30-26)28(34)35)31(27)17-19-9-5-2-6-10-19/h1-14,16,22,30H,15,17H2,(H,34,35)/t22-/m0/s1. The number of aliphatic imine (C=N–C) groups is 1. The summed E-state index contributed by atoms with van der Waals surface area (Å²) in [5, 5.41) is 20.9. The van der Waals surface area contributed by atoms with Gasteiger partial charge in [-0.2, -0.15) is 0 Å². The number of fused-ring (bicyclic) bond motifs is 1. The highest BCUT2D eigenvalue weighted by molar-refractivity contribution is 6.20. The van der Waals surface area contributed by atoms with Gasteiger partial charge < -0.3 is 15.0 Å². The number of nitrogens with one attached hydrogen (secondary N) is 1. The lowest BCUT2D eigenvalue weighted by atomic mass is 10.0. The molecule has 1 amide bonds. The lowest BCUT2D eigenvalue weighted by molar-refractivity contribution is -0.384. The fraction of sp³-hybridized carbons (Fsp3) is 0.107. The van der Waals surface area contributed by atoms with E-state index in [-0.39, 0.29) is 23.8 Å². The van der Waals surface area contributed by atoms with Crippen LogP contribution in [0.2, 0.25) is 0 Å². The molecule has 0 saturated heterocycles. The Hall–Kier alpha value is -5.05. The number of hydrogen-bond donors (Lipinski definition) is 2. The first-order valence-corrected chi connectivity index (χ1v) is 11.6. The van der Waals surface area contributed by atoms with Crippen LogP contribution >= 0.6 is 0 Å². The number of carboxylic acid groups (broad SMARTS) is 1. The van der Waals surface area contributed by atoms with Crippen LogP contribution in [0.25, 0.3) is 0 Å². The van der Waals surface area contributed by atoms with Crippen LogP contribution in [-0.2, 0) is 17.8 Å². The van der Waals surface area contributed by atoms with Crippen LogP contribution in [0, 0.1) is 10.1 Å². The Morgan fingerprint density at radius 1 is 0.973 bits per heavy atom. The van der Waals surface area contributed by atoms with E-state index in [1.54, 1.807) is 17.0 Å². The molecular formula is C28H22N4O5. The molecule has 0 saturated carbocycles. The molecule has 0 unspecified atom stereocenters. The topological polar surface area (TPSA) is 129 Å². The van der Waals surface area contributed by atoms with Gasteiger partial charge in [0.05, 0.1) is 28.6 Å². The Bertz CT molecular complexity index is 1490. The third-order valence-electron chi connectivity index (χ3n) is 6.20. The first-order valence-electron chi connectivity index (χ1n) is 11.6. The number of hydrogen-bond acceptors (Lipinski definition) is 5. The molecule has 1 aliphatic rings. The molecule has 37 heavy (non-hydrogen) atoms. The molecule has 1 aliphatic heterocycles. The fourth-order valence-electron chi connectivity index (χ4n) is 4.39. The van der Waals surface area contributed by atoms with Crippen LogP contribution < -0.4 is 4.90 Å². The summed E-state index contributed by atoms with van der Waals surface area (Å²) in [4.78, 5) is 45.9. The van der Waals surface area contributed by atoms with E-state index in [4.69, 9.17) is 4.99 Å². The summed E-state index contributed by atoms with van der Waals surface area (Å²) in [6.07, 6.45) is 0.331. The van der Waals surface area contributed by atoms with Crippen LogP contribution in [0.5, 0.6) is 0 Å². The Kier molecular flexibility index (Phi) is 6.34.